The summed E-state index contributed by atoms with van der Waals surface area (Å²) in [4.78, 5) is 0. The number of hydrogen-bond acceptors (Lipinski definition) is 1. The zero-order valence-corrected chi connectivity index (χ0v) is 14.2. The number of rotatable bonds is 8. The fourth-order valence-electron chi connectivity index (χ4n) is 2.18. The maximum Gasteiger partial charge on any atom is 0.0466 e. The van der Waals surface area contributed by atoms with Crippen molar-refractivity contribution in [3.8, 4) is 0 Å². The quantitative estimate of drug-likeness (QED) is 0.579. The van der Waals surface area contributed by atoms with E-state index in [2.05, 4.69) is 48.5 Å². The number of thioether (sulfide) groups is 1. The first kappa shape index (κ1) is 16.7. The lowest BCUT2D eigenvalue weighted by Gasteiger charge is -2.12. The summed E-state index contributed by atoms with van der Waals surface area (Å²) in [5.74, 6) is 1.88. The van der Waals surface area contributed by atoms with E-state index in [1.54, 1.807) is 0 Å². The minimum absolute atomic E-state index is 0.165. The van der Waals surface area contributed by atoms with E-state index in [0.29, 0.717) is 0 Å². The van der Waals surface area contributed by atoms with Crippen LogP contribution in [0.1, 0.15) is 11.1 Å². The van der Waals surface area contributed by atoms with Crippen LogP contribution in [-0.2, 0) is 12.8 Å². The molecule has 0 nitrogen and oxygen atoms in total. The summed E-state index contributed by atoms with van der Waals surface area (Å²) in [6, 6.07) is 20.8. The summed E-state index contributed by atoms with van der Waals surface area (Å²) >= 11 is 14.6. The maximum atomic E-state index is 6.40. The molecule has 21 heavy (non-hydrogen) atoms. The molecule has 0 fully saturated rings. The van der Waals surface area contributed by atoms with Crippen molar-refractivity contribution in [3.63, 3.8) is 0 Å². The van der Waals surface area contributed by atoms with Gasteiger partial charge in [-0.1, -0.05) is 60.7 Å². The Kier molecular flexibility index (Phi) is 7.49. The molecule has 0 aliphatic carbocycles. The van der Waals surface area contributed by atoms with Gasteiger partial charge >= 0.3 is 0 Å². The van der Waals surface area contributed by atoms with Crippen LogP contribution in [0.4, 0.5) is 0 Å². The number of halogens is 2. The van der Waals surface area contributed by atoms with Gasteiger partial charge in [-0.25, -0.2) is 0 Å². The van der Waals surface area contributed by atoms with Gasteiger partial charge < -0.3 is 0 Å². The zero-order valence-electron chi connectivity index (χ0n) is 11.9. The zero-order chi connectivity index (χ0) is 14.9. The molecule has 2 rings (SSSR count). The summed E-state index contributed by atoms with van der Waals surface area (Å²) < 4.78 is 0. The van der Waals surface area contributed by atoms with Crippen LogP contribution in [0, 0.1) is 0 Å². The lowest BCUT2D eigenvalue weighted by atomic mass is 10.1. The standard InChI is InChI=1S/C18H20Cl2S/c19-17(11-15-7-3-1-4-8-15)13-21-14-18(20)12-16-9-5-2-6-10-16/h1-10,17-18H,11-14H2/t17-,18-/m1/s1. The SMILES string of the molecule is Cl[C@@H](CSC[C@H](Cl)Cc1ccccc1)Cc1ccccc1. The minimum Gasteiger partial charge on any atom is -0.159 e. The third kappa shape index (κ3) is 6.78. The molecule has 0 unspecified atom stereocenters. The highest BCUT2D eigenvalue weighted by Gasteiger charge is 2.10. The van der Waals surface area contributed by atoms with Gasteiger partial charge in [0.1, 0.15) is 0 Å². The molecular weight excluding hydrogens is 319 g/mol. The van der Waals surface area contributed by atoms with Gasteiger partial charge in [-0.05, 0) is 24.0 Å². The lowest BCUT2D eigenvalue weighted by Crippen LogP contribution is -2.11. The Morgan fingerprint density at radius 2 is 1.05 bits per heavy atom. The summed E-state index contributed by atoms with van der Waals surface area (Å²) in [7, 11) is 0. The fraction of sp³-hybridized carbons (Fsp3) is 0.333. The number of benzene rings is 2. The maximum absolute atomic E-state index is 6.40. The van der Waals surface area contributed by atoms with Gasteiger partial charge in [0.05, 0.1) is 0 Å². The first-order valence-corrected chi connectivity index (χ1v) is 9.20. The van der Waals surface area contributed by atoms with Crippen molar-refractivity contribution >= 4 is 35.0 Å². The van der Waals surface area contributed by atoms with Crippen LogP contribution >= 0.6 is 35.0 Å². The van der Waals surface area contributed by atoms with E-state index in [9.17, 15) is 0 Å². The first-order valence-electron chi connectivity index (χ1n) is 7.18. The van der Waals surface area contributed by atoms with Gasteiger partial charge in [0, 0.05) is 22.3 Å². The first-order chi connectivity index (χ1) is 10.2. The van der Waals surface area contributed by atoms with E-state index in [-0.39, 0.29) is 10.8 Å². The molecular formula is C18H20Cl2S. The van der Waals surface area contributed by atoms with E-state index in [1.165, 1.54) is 11.1 Å². The highest BCUT2D eigenvalue weighted by molar-refractivity contribution is 7.99. The third-order valence-electron chi connectivity index (χ3n) is 3.20. The molecule has 0 saturated carbocycles. The Hall–Kier alpha value is -0.630. The molecule has 0 aliphatic heterocycles. The van der Waals surface area contributed by atoms with Crippen molar-refractivity contribution in [1.29, 1.82) is 0 Å². The summed E-state index contributed by atoms with van der Waals surface area (Å²) in [6.07, 6.45) is 1.84. The van der Waals surface area contributed by atoms with E-state index < -0.39 is 0 Å². The van der Waals surface area contributed by atoms with E-state index >= 15 is 0 Å². The van der Waals surface area contributed by atoms with Crippen molar-refractivity contribution in [2.75, 3.05) is 11.5 Å². The van der Waals surface area contributed by atoms with Gasteiger partial charge in [0.25, 0.3) is 0 Å². The Balaban J connectivity index is 1.64. The second kappa shape index (κ2) is 9.40. The second-order valence-corrected chi connectivity index (χ2v) is 7.42. The van der Waals surface area contributed by atoms with E-state index in [0.717, 1.165) is 24.3 Å². The predicted octanol–water partition coefficient (Wildman–Crippen LogP) is 5.42. The van der Waals surface area contributed by atoms with Crippen LogP contribution in [0.2, 0.25) is 0 Å². The predicted molar refractivity (Wildman–Crippen MR) is 96.9 cm³/mol. The van der Waals surface area contributed by atoms with Crippen LogP contribution in [0.25, 0.3) is 0 Å². The molecule has 2 aromatic carbocycles. The van der Waals surface area contributed by atoms with Gasteiger partial charge in [0.15, 0.2) is 0 Å². The number of hydrogen-bond donors (Lipinski definition) is 0. The molecule has 0 N–H and O–H groups in total. The lowest BCUT2D eigenvalue weighted by molar-refractivity contribution is 0.924. The highest BCUT2D eigenvalue weighted by atomic mass is 35.5. The van der Waals surface area contributed by atoms with Gasteiger partial charge in [-0.15, -0.1) is 23.2 Å². The Labute approximate surface area is 141 Å². The molecule has 2 atom stereocenters. The Morgan fingerprint density at radius 1 is 0.667 bits per heavy atom. The monoisotopic (exact) mass is 338 g/mol. The van der Waals surface area contributed by atoms with Crippen molar-refractivity contribution in [1.82, 2.24) is 0 Å². The number of alkyl halides is 2. The molecule has 0 aromatic heterocycles. The van der Waals surface area contributed by atoms with E-state index in [1.807, 2.05) is 23.9 Å². The molecule has 0 amide bonds. The Bertz CT molecular complexity index is 454. The molecule has 0 radical (unpaired) electrons. The molecule has 0 bridgehead atoms. The van der Waals surface area contributed by atoms with Crippen LogP contribution in [0.15, 0.2) is 60.7 Å². The molecule has 3 heteroatoms. The van der Waals surface area contributed by atoms with Crippen molar-refractivity contribution < 1.29 is 0 Å². The van der Waals surface area contributed by atoms with Crippen LogP contribution in [0.3, 0.4) is 0 Å². The average molecular weight is 339 g/mol. The van der Waals surface area contributed by atoms with Crippen molar-refractivity contribution in [2.24, 2.45) is 0 Å². The molecule has 112 valence electrons. The van der Waals surface area contributed by atoms with Crippen LogP contribution in [0.5, 0.6) is 0 Å². The van der Waals surface area contributed by atoms with Crippen molar-refractivity contribution in [2.45, 2.75) is 23.6 Å². The topological polar surface area (TPSA) is 0 Å². The normalized spacial score (nSPS) is 13.8. The van der Waals surface area contributed by atoms with Gasteiger partial charge in [-0.3, -0.25) is 0 Å². The second-order valence-electron chi connectivity index (χ2n) is 5.11. The Morgan fingerprint density at radius 3 is 1.43 bits per heavy atom. The van der Waals surface area contributed by atoms with Gasteiger partial charge in [0.2, 0.25) is 0 Å². The average Bonchev–Trinajstić information content (AvgIpc) is 2.49. The fourth-order valence-corrected chi connectivity index (χ4v) is 3.96. The van der Waals surface area contributed by atoms with Crippen LogP contribution < -0.4 is 0 Å². The minimum atomic E-state index is 0.165. The van der Waals surface area contributed by atoms with Crippen molar-refractivity contribution in [3.05, 3.63) is 71.8 Å². The largest absolute Gasteiger partial charge is 0.159 e. The molecule has 0 saturated heterocycles. The summed E-state index contributed by atoms with van der Waals surface area (Å²) in [5, 5.41) is 0.330. The highest BCUT2D eigenvalue weighted by Crippen LogP contribution is 2.18. The summed E-state index contributed by atoms with van der Waals surface area (Å²) in [6.45, 7) is 0. The van der Waals surface area contributed by atoms with Crippen LogP contribution in [-0.4, -0.2) is 22.3 Å². The molecule has 0 heterocycles. The summed E-state index contributed by atoms with van der Waals surface area (Å²) in [5.41, 5.74) is 2.59. The molecule has 0 spiro atoms. The molecule has 0 aliphatic rings. The smallest absolute Gasteiger partial charge is 0.0466 e. The van der Waals surface area contributed by atoms with Gasteiger partial charge in [-0.2, -0.15) is 11.8 Å². The molecule has 2 aromatic rings. The third-order valence-corrected chi connectivity index (χ3v) is 5.46. The van der Waals surface area contributed by atoms with E-state index in [4.69, 9.17) is 23.2 Å².